The number of nitrogens with two attached hydrogens (primary N) is 2. The molecule has 0 spiro atoms. The summed E-state index contributed by atoms with van der Waals surface area (Å²) >= 11 is 0. The first-order valence-electron chi connectivity index (χ1n) is 10.4. The minimum atomic E-state index is -0.425. The van der Waals surface area contributed by atoms with Crippen molar-refractivity contribution in [3.8, 4) is 0 Å². The summed E-state index contributed by atoms with van der Waals surface area (Å²) in [5, 5.41) is 17.5. The van der Waals surface area contributed by atoms with Gasteiger partial charge in [-0.25, -0.2) is 0 Å². The molecule has 8 heteroatoms. The van der Waals surface area contributed by atoms with Gasteiger partial charge in [0.1, 0.15) is 0 Å². The number of benzene rings is 3. The average Bonchev–Trinajstić information content (AvgIpc) is 2.77. The van der Waals surface area contributed by atoms with Crippen LogP contribution >= 0.6 is 0 Å². The predicted molar refractivity (Wildman–Crippen MR) is 134 cm³/mol. The molecule has 0 radical (unpaired) electrons. The largest absolute Gasteiger partial charge is 0.397 e. The molecule has 170 valence electrons. The standard InChI is InChI=1S/C25H27N5O3/c1-15-11-20(12-16(2)17(15)3)28-14-19-9-7-18(13-23(19)30(32)33)8-10-24(31)29-22-6-4-5-21(26)25(22)27/h4-13,28H,14,26-27H2,1-3H3,(H,29,31)/b10-8+. The van der Waals surface area contributed by atoms with E-state index < -0.39 is 10.8 Å². The number of carbonyl (C=O) groups is 1. The quantitative estimate of drug-likeness (QED) is 0.176. The lowest BCUT2D eigenvalue weighted by Crippen LogP contribution is -2.10. The Bertz CT molecular complexity index is 1230. The van der Waals surface area contributed by atoms with Gasteiger partial charge in [0.05, 0.1) is 22.0 Å². The van der Waals surface area contributed by atoms with Crippen LogP contribution in [-0.4, -0.2) is 10.8 Å². The summed E-state index contributed by atoms with van der Waals surface area (Å²) in [4.78, 5) is 23.4. The first-order chi connectivity index (χ1) is 15.7. The molecule has 0 fully saturated rings. The summed E-state index contributed by atoms with van der Waals surface area (Å²) in [7, 11) is 0. The predicted octanol–water partition coefficient (Wildman–Crippen LogP) is 4.95. The summed E-state index contributed by atoms with van der Waals surface area (Å²) in [5.41, 5.74) is 18.2. The van der Waals surface area contributed by atoms with Crippen molar-refractivity contribution in [3.05, 3.63) is 92.5 Å². The zero-order valence-electron chi connectivity index (χ0n) is 18.8. The van der Waals surface area contributed by atoms with E-state index in [1.54, 1.807) is 30.3 Å². The van der Waals surface area contributed by atoms with Crippen molar-refractivity contribution in [2.75, 3.05) is 22.1 Å². The van der Waals surface area contributed by atoms with Gasteiger partial charge in [-0.1, -0.05) is 12.1 Å². The lowest BCUT2D eigenvalue weighted by atomic mass is 10.0. The van der Waals surface area contributed by atoms with Crippen LogP contribution in [0.3, 0.4) is 0 Å². The fraction of sp³-hybridized carbons (Fsp3) is 0.160. The van der Waals surface area contributed by atoms with Gasteiger partial charge >= 0.3 is 0 Å². The van der Waals surface area contributed by atoms with Gasteiger partial charge in [0.2, 0.25) is 5.91 Å². The number of anilines is 4. The maximum atomic E-state index is 12.2. The number of hydrogen-bond donors (Lipinski definition) is 4. The lowest BCUT2D eigenvalue weighted by molar-refractivity contribution is -0.385. The van der Waals surface area contributed by atoms with Crippen LogP contribution < -0.4 is 22.1 Å². The number of nitro benzene ring substituents is 1. The van der Waals surface area contributed by atoms with Gasteiger partial charge in [0.25, 0.3) is 5.69 Å². The molecule has 1 amide bonds. The highest BCUT2D eigenvalue weighted by Crippen LogP contribution is 2.26. The zero-order valence-corrected chi connectivity index (χ0v) is 18.8. The molecule has 33 heavy (non-hydrogen) atoms. The van der Waals surface area contributed by atoms with E-state index in [0.29, 0.717) is 29.0 Å². The molecule has 0 heterocycles. The molecule has 3 aromatic rings. The molecule has 3 rings (SSSR count). The highest BCUT2D eigenvalue weighted by atomic mass is 16.6. The molecule has 0 atom stereocenters. The van der Waals surface area contributed by atoms with E-state index in [2.05, 4.69) is 17.6 Å². The Labute approximate surface area is 192 Å². The summed E-state index contributed by atoms with van der Waals surface area (Å²) in [5.74, 6) is -0.425. The first-order valence-corrected chi connectivity index (χ1v) is 10.4. The monoisotopic (exact) mass is 445 g/mol. The van der Waals surface area contributed by atoms with Crippen molar-refractivity contribution in [2.45, 2.75) is 27.3 Å². The fourth-order valence-electron chi connectivity index (χ4n) is 3.38. The van der Waals surface area contributed by atoms with E-state index in [-0.39, 0.29) is 11.4 Å². The van der Waals surface area contributed by atoms with Crippen LogP contribution in [0.2, 0.25) is 0 Å². The van der Waals surface area contributed by atoms with Crippen LogP contribution in [-0.2, 0) is 11.3 Å². The summed E-state index contributed by atoms with van der Waals surface area (Å²) in [6.45, 7) is 6.44. The Kier molecular flexibility index (Phi) is 6.97. The Morgan fingerprint density at radius 3 is 2.42 bits per heavy atom. The highest BCUT2D eigenvalue weighted by Gasteiger charge is 2.14. The van der Waals surface area contributed by atoms with Gasteiger partial charge in [-0.3, -0.25) is 14.9 Å². The van der Waals surface area contributed by atoms with Crippen LogP contribution in [0.4, 0.5) is 28.4 Å². The molecule has 6 N–H and O–H groups in total. The van der Waals surface area contributed by atoms with Gasteiger partial charge in [0.15, 0.2) is 0 Å². The van der Waals surface area contributed by atoms with E-state index in [1.165, 1.54) is 23.8 Å². The van der Waals surface area contributed by atoms with Gasteiger partial charge in [-0.15, -0.1) is 0 Å². The van der Waals surface area contributed by atoms with Crippen molar-refractivity contribution >= 4 is 40.4 Å². The van der Waals surface area contributed by atoms with Crippen molar-refractivity contribution < 1.29 is 9.72 Å². The molecule has 3 aromatic carbocycles. The van der Waals surface area contributed by atoms with E-state index in [9.17, 15) is 14.9 Å². The molecule has 0 aliphatic carbocycles. The van der Waals surface area contributed by atoms with E-state index in [1.807, 2.05) is 26.0 Å². The smallest absolute Gasteiger partial charge is 0.274 e. The third-order valence-electron chi connectivity index (χ3n) is 5.54. The van der Waals surface area contributed by atoms with E-state index >= 15 is 0 Å². The Morgan fingerprint density at radius 2 is 1.76 bits per heavy atom. The van der Waals surface area contributed by atoms with E-state index in [4.69, 9.17) is 11.5 Å². The SMILES string of the molecule is Cc1cc(NCc2ccc(/C=C/C(=O)Nc3cccc(N)c3N)cc2[N+](=O)[O-])cc(C)c1C. The van der Waals surface area contributed by atoms with Crippen LogP contribution in [0.5, 0.6) is 0 Å². The fourth-order valence-corrected chi connectivity index (χ4v) is 3.38. The number of para-hydroxylation sites is 1. The minimum absolute atomic E-state index is 0.0225. The summed E-state index contributed by atoms with van der Waals surface area (Å²) < 4.78 is 0. The molecular formula is C25H27N5O3. The summed E-state index contributed by atoms with van der Waals surface area (Å²) in [6, 6.07) is 13.9. The number of nitrogens with one attached hydrogen (secondary N) is 2. The molecule has 0 aliphatic rings. The second kappa shape index (κ2) is 9.86. The molecule has 8 nitrogen and oxygen atoms in total. The molecular weight excluding hydrogens is 418 g/mol. The Balaban J connectivity index is 1.73. The molecule has 0 aliphatic heterocycles. The second-order valence-corrected chi connectivity index (χ2v) is 7.86. The van der Waals surface area contributed by atoms with Crippen LogP contribution in [0.15, 0.2) is 54.6 Å². The average molecular weight is 446 g/mol. The number of rotatable bonds is 7. The Morgan fingerprint density at radius 1 is 1.06 bits per heavy atom. The van der Waals surface area contributed by atoms with Gasteiger partial charge < -0.3 is 22.1 Å². The molecule has 0 aromatic heterocycles. The highest BCUT2D eigenvalue weighted by molar-refractivity contribution is 6.04. The van der Waals surface area contributed by atoms with Crippen LogP contribution in [0, 0.1) is 30.9 Å². The molecule has 0 unspecified atom stereocenters. The molecule has 0 bridgehead atoms. The number of nitrogen functional groups attached to an aromatic ring is 2. The van der Waals surface area contributed by atoms with E-state index in [0.717, 1.165) is 16.8 Å². The number of hydrogen-bond acceptors (Lipinski definition) is 6. The number of nitro groups is 1. The van der Waals surface area contributed by atoms with Crippen molar-refractivity contribution in [2.24, 2.45) is 0 Å². The third kappa shape index (κ3) is 5.68. The lowest BCUT2D eigenvalue weighted by Gasteiger charge is -2.12. The van der Waals surface area contributed by atoms with Crippen LogP contribution in [0.25, 0.3) is 6.08 Å². The first kappa shape index (κ1) is 23.3. The van der Waals surface area contributed by atoms with Gasteiger partial charge in [0, 0.05) is 29.9 Å². The molecule has 0 saturated heterocycles. The number of aryl methyl sites for hydroxylation is 2. The van der Waals surface area contributed by atoms with Crippen molar-refractivity contribution in [3.63, 3.8) is 0 Å². The van der Waals surface area contributed by atoms with Gasteiger partial charge in [-0.2, -0.15) is 0 Å². The minimum Gasteiger partial charge on any atom is -0.397 e. The second-order valence-electron chi connectivity index (χ2n) is 7.86. The topological polar surface area (TPSA) is 136 Å². The maximum absolute atomic E-state index is 12.2. The maximum Gasteiger partial charge on any atom is 0.274 e. The zero-order chi connectivity index (χ0) is 24.1. The van der Waals surface area contributed by atoms with Crippen molar-refractivity contribution in [1.82, 2.24) is 0 Å². The summed E-state index contributed by atoms with van der Waals surface area (Å²) in [6.07, 6.45) is 2.80. The van der Waals surface area contributed by atoms with Crippen LogP contribution in [0.1, 0.15) is 27.8 Å². The number of carbonyl (C=O) groups excluding carboxylic acids is 1. The Hall–Kier alpha value is -4.33. The molecule has 0 saturated carbocycles. The number of nitrogens with zero attached hydrogens (tertiary/aromatic N) is 1. The van der Waals surface area contributed by atoms with Crippen molar-refractivity contribution in [1.29, 1.82) is 0 Å². The normalized spacial score (nSPS) is 10.9. The third-order valence-corrected chi connectivity index (χ3v) is 5.54. The number of amides is 1. The van der Waals surface area contributed by atoms with Gasteiger partial charge in [-0.05, 0) is 79.4 Å².